The van der Waals surface area contributed by atoms with E-state index in [-0.39, 0.29) is 12.4 Å². The van der Waals surface area contributed by atoms with E-state index < -0.39 is 0 Å². The van der Waals surface area contributed by atoms with Crippen LogP contribution in [0.15, 0.2) is 42.5 Å². The van der Waals surface area contributed by atoms with Crippen LogP contribution < -0.4 is 4.74 Å². The molecule has 2 aromatic rings. The van der Waals surface area contributed by atoms with E-state index in [0.717, 1.165) is 5.56 Å². The molecule has 0 aliphatic carbocycles. The van der Waals surface area contributed by atoms with Crippen LogP contribution in [0.4, 0.5) is 4.39 Å². The minimum absolute atomic E-state index is 0.185. The summed E-state index contributed by atoms with van der Waals surface area (Å²) in [5.41, 5.74) is 2.08. The maximum Gasteiger partial charge on any atom is 0.123 e. The SMILES string of the molecule is Cc1cccc(OCc2cc(F)ccc2C#N)c1. The molecule has 0 aromatic heterocycles. The summed E-state index contributed by atoms with van der Waals surface area (Å²) in [6.45, 7) is 2.15. The summed E-state index contributed by atoms with van der Waals surface area (Å²) in [6, 6.07) is 13.7. The summed E-state index contributed by atoms with van der Waals surface area (Å²) in [6.07, 6.45) is 0. The number of nitriles is 1. The van der Waals surface area contributed by atoms with Gasteiger partial charge >= 0.3 is 0 Å². The highest BCUT2D eigenvalue weighted by atomic mass is 19.1. The summed E-state index contributed by atoms with van der Waals surface area (Å²) in [4.78, 5) is 0. The van der Waals surface area contributed by atoms with Gasteiger partial charge in [-0.15, -0.1) is 0 Å². The van der Waals surface area contributed by atoms with Gasteiger partial charge < -0.3 is 4.74 Å². The van der Waals surface area contributed by atoms with Gasteiger partial charge in [-0.1, -0.05) is 12.1 Å². The molecule has 90 valence electrons. The second-order valence-electron chi connectivity index (χ2n) is 4.02. The summed E-state index contributed by atoms with van der Waals surface area (Å²) in [5.74, 6) is 0.347. The third-order valence-electron chi connectivity index (χ3n) is 2.57. The van der Waals surface area contributed by atoms with Crippen LogP contribution in [0.25, 0.3) is 0 Å². The molecule has 3 heteroatoms. The van der Waals surface area contributed by atoms with Gasteiger partial charge in [-0.25, -0.2) is 4.39 Å². The number of benzene rings is 2. The van der Waals surface area contributed by atoms with Crippen molar-refractivity contribution in [1.29, 1.82) is 5.26 Å². The molecule has 0 heterocycles. The van der Waals surface area contributed by atoms with Crippen molar-refractivity contribution in [3.63, 3.8) is 0 Å². The number of hydrogen-bond donors (Lipinski definition) is 0. The molecular formula is C15H12FNO. The molecule has 0 fully saturated rings. The van der Waals surface area contributed by atoms with Crippen molar-refractivity contribution in [2.24, 2.45) is 0 Å². The minimum atomic E-state index is -0.364. The lowest BCUT2D eigenvalue weighted by Crippen LogP contribution is -1.99. The Hall–Kier alpha value is -2.34. The Morgan fingerprint density at radius 1 is 1.22 bits per heavy atom. The maximum atomic E-state index is 13.1. The Kier molecular flexibility index (Phi) is 3.59. The number of hydrogen-bond acceptors (Lipinski definition) is 2. The Balaban J connectivity index is 2.15. The Bertz CT molecular complexity index is 602. The van der Waals surface area contributed by atoms with Crippen LogP contribution in [0.1, 0.15) is 16.7 Å². The molecule has 0 spiro atoms. The predicted molar refractivity (Wildman–Crippen MR) is 66.6 cm³/mol. The van der Waals surface area contributed by atoms with Gasteiger partial charge in [0, 0.05) is 5.56 Å². The van der Waals surface area contributed by atoms with E-state index in [1.165, 1.54) is 18.2 Å². The van der Waals surface area contributed by atoms with Crippen LogP contribution in [-0.2, 0) is 6.61 Å². The quantitative estimate of drug-likeness (QED) is 0.822. The molecule has 2 nitrogen and oxygen atoms in total. The largest absolute Gasteiger partial charge is 0.489 e. The van der Waals surface area contributed by atoms with Crippen LogP contribution in [0.3, 0.4) is 0 Å². The lowest BCUT2D eigenvalue weighted by atomic mass is 10.1. The molecule has 0 aliphatic rings. The van der Waals surface area contributed by atoms with E-state index in [4.69, 9.17) is 10.00 Å². The molecule has 2 aromatic carbocycles. The molecule has 0 N–H and O–H groups in total. The average molecular weight is 241 g/mol. The van der Waals surface area contributed by atoms with Crippen LogP contribution in [-0.4, -0.2) is 0 Å². The highest BCUT2D eigenvalue weighted by molar-refractivity contribution is 5.38. The lowest BCUT2D eigenvalue weighted by Gasteiger charge is -2.08. The van der Waals surface area contributed by atoms with Gasteiger partial charge in [-0.3, -0.25) is 0 Å². The highest BCUT2D eigenvalue weighted by Gasteiger charge is 2.04. The van der Waals surface area contributed by atoms with Crippen LogP contribution in [0.5, 0.6) is 5.75 Å². The Labute approximate surface area is 105 Å². The van der Waals surface area contributed by atoms with Gasteiger partial charge in [-0.2, -0.15) is 5.26 Å². The van der Waals surface area contributed by atoms with Crippen LogP contribution in [0, 0.1) is 24.1 Å². The molecule has 0 aliphatic heterocycles. The fourth-order valence-corrected chi connectivity index (χ4v) is 1.66. The summed E-state index contributed by atoms with van der Waals surface area (Å²) < 4.78 is 18.7. The molecule has 0 saturated carbocycles. The third kappa shape index (κ3) is 2.86. The van der Waals surface area contributed by atoms with Crippen molar-refractivity contribution in [3.8, 4) is 11.8 Å². The van der Waals surface area contributed by atoms with Crippen molar-refractivity contribution in [2.45, 2.75) is 13.5 Å². The van der Waals surface area contributed by atoms with Crippen LogP contribution >= 0.6 is 0 Å². The molecule has 0 saturated heterocycles. The van der Waals surface area contributed by atoms with Gasteiger partial charge in [0.25, 0.3) is 0 Å². The van der Waals surface area contributed by atoms with Gasteiger partial charge in [0.15, 0.2) is 0 Å². The van der Waals surface area contributed by atoms with E-state index in [0.29, 0.717) is 16.9 Å². The first kappa shape index (κ1) is 12.1. The topological polar surface area (TPSA) is 33.0 Å². The van der Waals surface area contributed by atoms with Gasteiger partial charge in [0.05, 0.1) is 11.6 Å². The summed E-state index contributed by atoms with van der Waals surface area (Å²) in [7, 11) is 0. The molecule has 0 unspecified atom stereocenters. The second kappa shape index (κ2) is 5.33. The van der Waals surface area contributed by atoms with E-state index in [1.807, 2.05) is 37.3 Å². The molecule has 18 heavy (non-hydrogen) atoms. The van der Waals surface area contributed by atoms with E-state index in [9.17, 15) is 4.39 Å². The molecular weight excluding hydrogens is 229 g/mol. The van der Waals surface area contributed by atoms with Gasteiger partial charge in [0.1, 0.15) is 18.2 Å². The third-order valence-corrected chi connectivity index (χ3v) is 2.57. The van der Waals surface area contributed by atoms with E-state index in [2.05, 4.69) is 0 Å². The van der Waals surface area contributed by atoms with Crippen LogP contribution in [0.2, 0.25) is 0 Å². The summed E-state index contributed by atoms with van der Waals surface area (Å²) in [5, 5.41) is 8.92. The first-order chi connectivity index (χ1) is 8.69. The molecule has 0 bridgehead atoms. The zero-order chi connectivity index (χ0) is 13.0. The molecule has 0 amide bonds. The summed E-state index contributed by atoms with van der Waals surface area (Å²) >= 11 is 0. The highest BCUT2D eigenvalue weighted by Crippen LogP contribution is 2.17. The second-order valence-corrected chi connectivity index (χ2v) is 4.02. The van der Waals surface area contributed by atoms with E-state index in [1.54, 1.807) is 0 Å². The van der Waals surface area contributed by atoms with Gasteiger partial charge in [0.2, 0.25) is 0 Å². The zero-order valence-electron chi connectivity index (χ0n) is 9.98. The zero-order valence-corrected chi connectivity index (χ0v) is 9.98. The number of rotatable bonds is 3. The first-order valence-corrected chi connectivity index (χ1v) is 5.57. The number of ether oxygens (including phenoxy) is 1. The molecule has 0 radical (unpaired) electrons. The van der Waals surface area contributed by atoms with E-state index >= 15 is 0 Å². The van der Waals surface area contributed by atoms with Crippen molar-refractivity contribution in [3.05, 3.63) is 65.0 Å². The average Bonchev–Trinajstić information content (AvgIpc) is 2.37. The predicted octanol–water partition coefficient (Wildman–Crippen LogP) is 3.58. The minimum Gasteiger partial charge on any atom is -0.489 e. The monoisotopic (exact) mass is 241 g/mol. The fraction of sp³-hybridized carbons (Fsp3) is 0.133. The van der Waals surface area contributed by atoms with Crippen molar-refractivity contribution in [2.75, 3.05) is 0 Å². The Morgan fingerprint density at radius 3 is 2.78 bits per heavy atom. The normalized spacial score (nSPS) is 9.83. The number of nitrogens with zero attached hydrogens (tertiary/aromatic N) is 1. The van der Waals surface area contributed by atoms with Crippen molar-refractivity contribution >= 4 is 0 Å². The smallest absolute Gasteiger partial charge is 0.123 e. The number of halogens is 1. The van der Waals surface area contributed by atoms with Gasteiger partial charge in [-0.05, 0) is 42.8 Å². The molecule has 2 rings (SSSR count). The van der Waals surface area contributed by atoms with Crippen molar-refractivity contribution in [1.82, 2.24) is 0 Å². The first-order valence-electron chi connectivity index (χ1n) is 5.57. The maximum absolute atomic E-state index is 13.1. The molecule has 0 atom stereocenters. The standard InChI is InChI=1S/C15H12FNO/c1-11-3-2-4-15(7-11)18-10-13-8-14(16)6-5-12(13)9-17/h2-8H,10H2,1H3. The lowest BCUT2D eigenvalue weighted by molar-refractivity contribution is 0.305. The Morgan fingerprint density at radius 2 is 2.06 bits per heavy atom. The number of aryl methyl sites for hydroxylation is 1. The fourth-order valence-electron chi connectivity index (χ4n) is 1.66. The van der Waals surface area contributed by atoms with Crippen molar-refractivity contribution < 1.29 is 9.13 Å².